The first-order valence-electron chi connectivity index (χ1n) is 8.58. The van der Waals surface area contributed by atoms with E-state index < -0.39 is 0 Å². The molecule has 1 aromatic rings. The highest BCUT2D eigenvalue weighted by Gasteiger charge is 2.35. The lowest BCUT2D eigenvalue weighted by atomic mass is 9.98. The Morgan fingerprint density at radius 1 is 1.18 bits per heavy atom. The molecule has 0 spiro atoms. The molecule has 1 atom stereocenters. The molecule has 1 heterocycles. The Balaban J connectivity index is 1.60. The molecular weight excluding hydrogens is 294 g/mol. The van der Waals surface area contributed by atoms with Gasteiger partial charge in [0.2, 0.25) is 0 Å². The van der Waals surface area contributed by atoms with E-state index >= 15 is 0 Å². The summed E-state index contributed by atoms with van der Waals surface area (Å²) in [5, 5.41) is 3.11. The van der Waals surface area contributed by atoms with Crippen molar-refractivity contribution in [1.82, 2.24) is 5.32 Å². The van der Waals surface area contributed by atoms with Crippen LogP contribution in [0.15, 0.2) is 0 Å². The van der Waals surface area contributed by atoms with Crippen molar-refractivity contribution in [1.29, 1.82) is 0 Å². The van der Waals surface area contributed by atoms with Crippen LogP contribution in [-0.2, 0) is 17.6 Å². The van der Waals surface area contributed by atoms with Crippen LogP contribution in [0.5, 0.6) is 0 Å². The third-order valence-electron chi connectivity index (χ3n) is 5.23. The standard InChI is InChI=1S/C18H23NO2S/c1-10-2-7-14-16(10)17(18(21)19-9-11-3-4-11)15(22-14)8-13(20)12-5-6-12/h10-12H,2-9H2,1H3,(H,19,21). The number of hydrogen-bond acceptors (Lipinski definition) is 3. The molecule has 0 radical (unpaired) electrons. The van der Waals surface area contributed by atoms with Crippen LogP contribution >= 0.6 is 11.3 Å². The van der Waals surface area contributed by atoms with Gasteiger partial charge in [0, 0.05) is 28.6 Å². The molecule has 4 heteroatoms. The predicted octanol–water partition coefficient (Wildman–Crippen LogP) is 3.46. The molecule has 3 aliphatic carbocycles. The molecule has 3 aliphatic rings. The number of Topliss-reactive ketones (excluding diaryl/α,β-unsaturated/α-hetero) is 1. The summed E-state index contributed by atoms with van der Waals surface area (Å²) in [6, 6.07) is 0. The molecule has 0 bridgehead atoms. The van der Waals surface area contributed by atoms with Crippen molar-refractivity contribution in [3.8, 4) is 0 Å². The first-order valence-corrected chi connectivity index (χ1v) is 9.40. The fourth-order valence-corrected chi connectivity index (χ4v) is 4.92. The van der Waals surface area contributed by atoms with Crippen LogP contribution < -0.4 is 5.32 Å². The second-order valence-electron chi connectivity index (χ2n) is 7.25. The zero-order valence-corrected chi connectivity index (χ0v) is 13.9. The monoisotopic (exact) mass is 317 g/mol. The number of ketones is 1. The van der Waals surface area contributed by atoms with Crippen molar-refractivity contribution in [2.75, 3.05) is 6.54 Å². The number of aryl methyl sites for hydroxylation is 1. The molecule has 3 nitrogen and oxygen atoms in total. The number of thiophene rings is 1. The van der Waals surface area contributed by atoms with Crippen molar-refractivity contribution >= 4 is 23.0 Å². The van der Waals surface area contributed by atoms with Crippen LogP contribution in [0.2, 0.25) is 0 Å². The number of nitrogens with one attached hydrogen (secondary N) is 1. The summed E-state index contributed by atoms with van der Waals surface area (Å²) >= 11 is 1.72. The lowest BCUT2D eigenvalue weighted by molar-refractivity contribution is -0.119. The summed E-state index contributed by atoms with van der Waals surface area (Å²) in [5.74, 6) is 1.82. The number of amides is 1. The van der Waals surface area contributed by atoms with E-state index in [1.807, 2.05) is 0 Å². The van der Waals surface area contributed by atoms with Crippen LogP contribution in [0, 0.1) is 11.8 Å². The fraction of sp³-hybridized carbons (Fsp3) is 0.667. The SMILES string of the molecule is CC1CCc2sc(CC(=O)C3CC3)c(C(=O)NCC3CC3)c21. The van der Waals surface area contributed by atoms with E-state index in [1.165, 1.54) is 23.3 Å². The highest BCUT2D eigenvalue weighted by Crippen LogP contribution is 2.43. The van der Waals surface area contributed by atoms with Crippen LogP contribution in [-0.4, -0.2) is 18.2 Å². The summed E-state index contributed by atoms with van der Waals surface area (Å²) < 4.78 is 0. The predicted molar refractivity (Wildman–Crippen MR) is 87.5 cm³/mol. The maximum absolute atomic E-state index is 12.7. The van der Waals surface area contributed by atoms with Crippen molar-refractivity contribution < 1.29 is 9.59 Å². The van der Waals surface area contributed by atoms with Crippen molar-refractivity contribution in [2.24, 2.45) is 11.8 Å². The number of hydrogen-bond donors (Lipinski definition) is 1. The average Bonchev–Trinajstić information content (AvgIpc) is 3.39. The van der Waals surface area contributed by atoms with Crippen LogP contribution in [0.3, 0.4) is 0 Å². The third kappa shape index (κ3) is 2.73. The molecule has 118 valence electrons. The summed E-state index contributed by atoms with van der Waals surface area (Å²) in [5.41, 5.74) is 2.11. The Kier molecular flexibility index (Phi) is 3.60. The molecule has 4 rings (SSSR count). The lowest BCUT2D eigenvalue weighted by Gasteiger charge is -2.10. The molecule has 2 fully saturated rings. The zero-order chi connectivity index (χ0) is 15.3. The second-order valence-corrected chi connectivity index (χ2v) is 8.44. The van der Waals surface area contributed by atoms with Gasteiger partial charge >= 0.3 is 0 Å². The molecular formula is C18H23NO2S. The summed E-state index contributed by atoms with van der Waals surface area (Å²) in [7, 11) is 0. The first-order chi connectivity index (χ1) is 10.6. The van der Waals surface area contributed by atoms with Crippen molar-refractivity contribution in [2.45, 2.75) is 57.8 Å². The van der Waals surface area contributed by atoms with Gasteiger partial charge in [0.15, 0.2) is 0 Å². The van der Waals surface area contributed by atoms with E-state index in [0.717, 1.165) is 42.7 Å². The Morgan fingerprint density at radius 2 is 1.95 bits per heavy atom. The second kappa shape index (κ2) is 5.48. The summed E-state index contributed by atoms with van der Waals surface area (Å²) in [6.07, 6.45) is 7.26. The van der Waals surface area contributed by atoms with Gasteiger partial charge in [-0.1, -0.05) is 6.92 Å². The van der Waals surface area contributed by atoms with Gasteiger partial charge in [0.1, 0.15) is 5.78 Å². The molecule has 1 unspecified atom stereocenters. The molecule has 0 aromatic carbocycles. The Labute approximate surface area is 135 Å². The van der Waals surface area contributed by atoms with Gasteiger partial charge in [0.05, 0.1) is 5.56 Å². The maximum atomic E-state index is 12.7. The molecule has 0 aliphatic heterocycles. The fourth-order valence-electron chi connectivity index (χ4n) is 3.47. The minimum absolute atomic E-state index is 0.0664. The minimum Gasteiger partial charge on any atom is -0.352 e. The highest BCUT2D eigenvalue weighted by atomic mass is 32.1. The van der Waals surface area contributed by atoms with Gasteiger partial charge in [-0.25, -0.2) is 0 Å². The van der Waals surface area contributed by atoms with E-state index in [0.29, 0.717) is 24.0 Å². The molecule has 0 saturated heterocycles. The van der Waals surface area contributed by atoms with Crippen LogP contribution in [0.25, 0.3) is 0 Å². The number of carbonyl (C=O) groups is 2. The van der Waals surface area contributed by atoms with Crippen LogP contribution in [0.4, 0.5) is 0 Å². The van der Waals surface area contributed by atoms with Crippen molar-refractivity contribution in [3.63, 3.8) is 0 Å². The van der Waals surface area contributed by atoms with Gasteiger partial charge in [-0.05, 0) is 55.9 Å². The van der Waals surface area contributed by atoms with E-state index in [4.69, 9.17) is 0 Å². The van der Waals surface area contributed by atoms with E-state index in [2.05, 4.69) is 12.2 Å². The Hall–Kier alpha value is -1.16. The number of carbonyl (C=O) groups excluding carboxylic acids is 2. The average molecular weight is 317 g/mol. The molecule has 22 heavy (non-hydrogen) atoms. The van der Waals surface area contributed by atoms with Gasteiger partial charge in [-0.15, -0.1) is 11.3 Å². The third-order valence-corrected chi connectivity index (χ3v) is 6.50. The Morgan fingerprint density at radius 3 is 2.64 bits per heavy atom. The van der Waals surface area contributed by atoms with Gasteiger partial charge in [-0.2, -0.15) is 0 Å². The van der Waals surface area contributed by atoms with Gasteiger partial charge in [-0.3, -0.25) is 9.59 Å². The quantitative estimate of drug-likeness (QED) is 0.873. The smallest absolute Gasteiger partial charge is 0.252 e. The van der Waals surface area contributed by atoms with Crippen molar-refractivity contribution in [3.05, 3.63) is 20.9 Å². The number of fused-ring (bicyclic) bond motifs is 1. The van der Waals surface area contributed by atoms with E-state index in [-0.39, 0.29) is 11.8 Å². The van der Waals surface area contributed by atoms with Gasteiger partial charge in [0.25, 0.3) is 5.91 Å². The lowest BCUT2D eigenvalue weighted by Crippen LogP contribution is -2.27. The largest absolute Gasteiger partial charge is 0.352 e. The highest BCUT2D eigenvalue weighted by molar-refractivity contribution is 7.12. The molecule has 1 N–H and O–H groups in total. The molecule has 1 amide bonds. The first kappa shape index (κ1) is 14.4. The van der Waals surface area contributed by atoms with E-state index in [9.17, 15) is 9.59 Å². The minimum atomic E-state index is 0.0664. The maximum Gasteiger partial charge on any atom is 0.252 e. The van der Waals surface area contributed by atoms with E-state index in [1.54, 1.807) is 11.3 Å². The van der Waals surface area contributed by atoms with Gasteiger partial charge < -0.3 is 5.32 Å². The number of rotatable bonds is 6. The topological polar surface area (TPSA) is 46.2 Å². The zero-order valence-electron chi connectivity index (χ0n) is 13.1. The molecule has 1 aromatic heterocycles. The Bertz CT molecular complexity index is 625. The summed E-state index contributed by atoms with van der Waals surface area (Å²) in [6.45, 7) is 3.01. The molecule has 2 saturated carbocycles. The normalized spacial score (nSPS) is 23.4. The summed E-state index contributed by atoms with van der Waals surface area (Å²) in [4.78, 5) is 27.3. The van der Waals surface area contributed by atoms with Crippen LogP contribution in [0.1, 0.15) is 70.6 Å².